The zero-order valence-corrected chi connectivity index (χ0v) is 12.8. The van der Waals surface area contributed by atoms with Gasteiger partial charge in [-0.05, 0) is 18.1 Å². The second kappa shape index (κ2) is 7.53. The van der Waals surface area contributed by atoms with Gasteiger partial charge >= 0.3 is 7.60 Å². The molecule has 0 spiro atoms. The van der Waals surface area contributed by atoms with Crippen molar-refractivity contribution in [1.82, 2.24) is 0 Å². The van der Waals surface area contributed by atoms with Crippen LogP contribution in [-0.2, 0) is 26.8 Å². The van der Waals surface area contributed by atoms with E-state index in [2.05, 4.69) is 0 Å². The van der Waals surface area contributed by atoms with Crippen molar-refractivity contribution in [2.75, 3.05) is 0 Å². The molecular formula is C16H19O4P. The number of aliphatic hydroxyl groups is 1. The first-order valence-electron chi connectivity index (χ1n) is 6.75. The van der Waals surface area contributed by atoms with Crippen molar-refractivity contribution in [3.8, 4) is 0 Å². The van der Waals surface area contributed by atoms with Gasteiger partial charge in [0.15, 0.2) is 5.85 Å². The molecule has 0 saturated carbocycles. The number of aliphatic hydroxyl groups excluding tert-OH is 1. The summed E-state index contributed by atoms with van der Waals surface area (Å²) in [6.07, 6.45) is 0. The summed E-state index contributed by atoms with van der Waals surface area (Å²) in [5.41, 5.74) is 1.75. The molecule has 5 heteroatoms. The average molecular weight is 306 g/mol. The van der Waals surface area contributed by atoms with Crippen molar-refractivity contribution in [3.63, 3.8) is 0 Å². The van der Waals surface area contributed by atoms with Crippen LogP contribution in [0.1, 0.15) is 18.1 Å². The second-order valence-corrected chi connectivity index (χ2v) is 7.03. The lowest BCUT2D eigenvalue weighted by Crippen LogP contribution is -2.09. The van der Waals surface area contributed by atoms with Gasteiger partial charge in [-0.1, -0.05) is 60.7 Å². The Hall–Kier alpha value is -1.45. The molecule has 1 unspecified atom stereocenters. The van der Waals surface area contributed by atoms with Crippen LogP contribution in [0.25, 0.3) is 0 Å². The van der Waals surface area contributed by atoms with E-state index in [0.717, 1.165) is 11.1 Å². The van der Waals surface area contributed by atoms with Gasteiger partial charge in [0.25, 0.3) is 0 Å². The Bertz CT molecular complexity index is 536. The van der Waals surface area contributed by atoms with Crippen molar-refractivity contribution in [1.29, 1.82) is 0 Å². The van der Waals surface area contributed by atoms with Crippen molar-refractivity contribution < 1.29 is 18.7 Å². The van der Waals surface area contributed by atoms with E-state index in [-0.39, 0.29) is 13.2 Å². The summed E-state index contributed by atoms with van der Waals surface area (Å²) in [5, 5.41) is 9.71. The molecule has 2 aromatic carbocycles. The van der Waals surface area contributed by atoms with Crippen molar-refractivity contribution in [2.24, 2.45) is 0 Å². The highest BCUT2D eigenvalue weighted by Gasteiger charge is 2.31. The number of rotatable bonds is 7. The Morgan fingerprint density at radius 1 is 0.905 bits per heavy atom. The molecule has 0 radical (unpaired) electrons. The van der Waals surface area contributed by atoms with Crippen LogP contribution in [-0.4, -0.2) is 11.0 Å². The van der Waals surface area contributed by atoms with E-state index in [4.69, 9.17) is 9.05 Å². The summed E-state index contributed by atoms with van der Waals surface area (Å²) in [6, 6.07) is 18.7. The van der Waals surface area contributed by atoms with Gasteiger partial charge in [-0.3, -0.25) is 4.57 Å². The third-order valence-corrected chi connectivity index (χ3v) is 4.86. The predicted octanol–water partition coefficient (Wildman–Crippen LogP) is 3.95. The van der Waals surface area contributed by atoms with Gasteiger partial charge in [-0.15, -0.1) is 0 Å². The molecule has 0 fully saturated rings. The lowest BCUT2D eigenvalue weighted by Gasteiger charge is -2.21. The third kappa shape index (κ3) is 4.80. The molecule has 0 aliphatic heterocycles. The first kappa shape index (κ1) is 15.9. The Morgan fingerprint density at radius 2 is 1.29 bits per heavy atom. The lowest BCUT2D eigenvalue weighted by atomic mass is 10.2. The van der Waals surface area contributed by atoms with E-state index in [0.29, 0.717) is 0 Å². The van der Waals surface area contributed by atoms with Gasteiger partial charge in [-0.2, -0.15) is 0 Å². The van der Waals surface area contributed by atoms with Gasteiger partial charge in [0, 0.05) is 0 Å². The van der Waals surface area contributed by atoms with Crippen LogP contribution < -0.4 is 0 Å². The molecule has 0 amide bonds. The van der Waals surface area contributed by atoms with Gasteiger partial charge < -0.3 is 14.2 Å². The van der Waals surface area contributed by atoms with Crippen LogP contribution in [0, 0.1) is 0 Å². The Kier molecular flexibility index (Phi) is 5.71. The minimum absolute atomic E-state index is 0.137. The van der Waals surface area contributed by atoms with Crippen LogP contribution in [0.5, 0.6) is 0 Å². The molecule has 0 aliphatic rings. The third-order valence-electron chi connectivity index (χ3n) is 2.97. The second-order valence-electron chi connectivity index (χ2n) is 4.69. The molecule has 2 aromatic rings. The Balaban J connectivity index is 1.98. The molecule has 21 heavy (non-hydrogen) atoms. The minimum atomic E-state index is -3.57. The quantitative estimate of drug-likeness (QED) is 0.787. The van der Waals surface area contributed by atoms with E-state index in [1.165, 1.54) is 6.92 Å². The molecule has 2 rings (SSSR count). The fourth-order valence-electron chi connectivity index (χ4n) is 1.73. The van der Waals surface area contributed by atoms with Crippen molar-refractivity contribution >= 4 is 7.60 Å². The molecular weight excluding hydrogens is 287 g/mol. The maximum atomic E-state index is 12.6. The van der Waals surface area contributed by atoms with E-state index in [9.17, 15) is 9.67 Å². The maximum absolute atomic E-state index is 12.6. The normalized spacial score (nSPS) is 13.0. The largest absolute Gasteiger partial charge is 0.381 e. The predicted molar refractivity (Wildman–Crippen MR) is 81.7 cm³/mol. The summed E-state index contributed by atoms with van der Waals surface area (Å²) >= 11 is 0. The number of hydrogen-bond donors (Lipinski definition) is 1. The van der Waals surface area contributed by atoms with Crippen LogP contribution in [0.15, 0.2) is 60.7 Å². The van der Waals surface area contributed by atoms with Gasteiger partial charge in [0.05, 0.1) is 13.2 Å². The summed E-state index contributed by atoms with van der Waals surface area (Å²) in [4.78, 5) is 0. The molecule has 112 valence electrons. The van der Waals surface area contributed by atoms with E-state index < -0.39 is 13.4 Å². The molecule has 1 N–H and O–H groups in total. The monoisotopic (exact) mass is 306 g/mol. The standard InChI is InChI=1S/C16H19O4P/c1-14(17)21(18,19-12-15-8-4-2-5-9-15)20-13-16-10-6-3-7-11-16/h2-11,14,17H,12-13H2,1H3. The molecule has 1 atom stereocenters. The van der Waals surface area contributed by atoms with Crippen LogP contribution in [0.3, 0.4) is 0 Å². The van der Waals surface area contributed by atoms with E-state index in [1.54, 1.807) is 0 Å². The molecule has 0 saturated heterocycles. The zero-order valence-electron chi connectivity index (χ0n) is 11.9. The highest BCUT2D eigenvalue weighted by atomic mass is 31.2. The van der Waals surface area contributed by atoms with Crippen molar-refractivity contribution in [3.05, 3.63) is 71.8 Å². The van der Waals surface area contributed by atoms with E-state index >= 15 is 0 Å². The average Bonchev–Trinajstić information content (AvgIpc) is 2.53. The van der Waals surface area contributed by atoms with Crippen LogP contribution in [0.4, 0.5) is 0 Å². The fraction of sp³-hybridized carbons (Fsp3) is 0.250. The molecule has 0 bridgehead atoms. The highest BCUT2D eigenvalue weighted by Crippen LogP contribution is 2.53. The molecule has 0 aliphatic carbocycles. The zero-order chi connectivity index (χ0) is 15.1. The number of benzene rings is 2. The topological polar surface area (TPSA) is 55.8 Å². The van der Waals surface area contributed by atoms with Gasteiger partial charge in [0.2, 0.25) is 0 Å². The summed E-state index contributed by atoms with van der Waals surface area (Å²) in [6.45, 7) is 1.69. The first-order chi connectivity index (χ1) is 10.1. The fourth-order valence-corrected chi connectivity index (χ4v) is 2.89. The Morgan fingerprint density at radius 3 is 1.62 bits per heavy atom. The SMILES string of the molecule is CC(O)P(=O)(OCc1ccccc1)OCc1ccccc1. The Labute approximate surface area is 124 Å². The molecule has 0 heterocycles. The minimum Gasteiger partial charge on any atom is -0.381 e. The summed E-state index contributed by atoms with van der Waals surface area (Å²) < 4.78 is 23.3. The smallest absolute Gasteiger partial charge is 0.359 e. The van der Waals surface area contributed by atoms with Crippen LogP contribution in [0.2, 0.25) is 0 Å². The first-order valence-corrected chi connectivity index (χ1v) is 8.36. The van der Waals surface area contributed by atoms with Gasteiger partial charge in [-0.25, -0.2) is 0 Å². The lowest BCUT2D eigenvalue weighted by molar-refractivity contribution is 0.139. The molecule has 4 nitrogen and oxygen atoms in total. The van der Waals surface area contributed by atoms with Crippen LogP contribution >= 0.6 is 7.60 Å². The maximum Gasteiger partial charge on any atom is 0.359 e. The molecule has 0 aromatic heterocycles. The van der Waals surface area contributed by atoms with E-state index in [1.807, 2.05) is 60.7 Å². The summed E-state index contributed by atoms with van der Waals surface area (Å²) in [5.74, 6) is -1.18. The van der Waals surface area contributed by atoms with Gasteiger partial charge in [0.1, 0.15) is 0 Å². The highest BCUT2D eigenvalue weighted by molar-refractivity contribution is 7.54. The summed E-state index contributed by atoms with van der Waals surface area (Å²) in [7, 11) is -3.57. The number of hydrogen-bond acceptors (Lipinski definition) is 4. The van der Waals surface area contributed by atoms with Crippen molar-refractivity contribution in [2.45, 2.75) is 26.0 Å².